The van der Waals surface area contributed by atoms with Crippen molar-refractivity contribution in [3.8, 4) is 0 Å². The Morgan fingerprint density at radius 2 is 1.79 bits per heavy atom. The second-order valence-corrected chi connectivity index (χ2v) is 8.05. The Balaban J connectivity index is 2.25. The van der Waals surface area contributed by atoms with Gasteiger partial charge in [0.25, 0.3) is 11.8 Å². The summed E-state index contributed by atoms with van der Waals surface area (Å²) in [6.07, 6.45) is 0.769. The van der Waals surface area contributed by atoms with Crippen molar-refractivity contribution in [2.24, 2.45) is 0 Å². The van der Waals surface area contributed by atoms with Crippen LogP contribution in [0.5, 0.6) is 0 Å². The van der Waals surface area contributed by atoms with Crippen molar-refractivity contribution >= 4 is 39.1 Å². The molecular weight excluding hydrogens is 409 g/mol. The first-order valence-electron chi connectivity index (χ1n) is 8.31. The number of anilines is 1. The molecule has 0 heterocycles. The lowest BCUT2D eigenvalue weighted by Gasteiger charge is -2.10. The summed E-state index contributed by atoms with van der Waals surface area (Å²) < 4.78 is 39.8. The predicted molar refractivity (Wildman–Crippen MR) is 105 cm³/mol. The fourth-order valence-electron chi connectivity index (χ4n) is 2.27. The average Bonchev–Trinajstić information content (AvgIpc) is 2.66. The van der Waals surface area contributed by atoms with E-state index in [0.717, 1.165) is 24.6 Å². The molecule has 0 unspecified atom stereocenters. The first kappa shape index (κ1) is 21.8. The van der Waals surface area contributed by atoms with Gasteiger partial charge in [0.15, 0.2) is 0 Å². The molecule has 150 valence electrons. The quantitative estimate of drug-likeness (QED) is 0.631. The zero-order valence-electron chi connectivity index (χ0n) is 15.2. The summed E-state index contributed by atoms with van der Waals surface area (Å²) >= 11 is 6.09. The fourth-order valence-corrected chi connectivity index (χ4v) is 3.29. The van der Waals surface area contributed by atoms with Gasteiger partial charge in [-0.05, 0) is 49.9 Å². The second kappa shape index (κ2) is 9.13. The van der Waals surface area contributed by atoms with E-state index >= 15 is 0 Å². The van der Waals surface area contributed by atoms with E-state index in [4.69, 9.17) is 11.6 Å². The molecule has 0 aromatic heterocycles. The summed E-state index contributed by atoms with van der Waals surface area (Å²) in [5, 5.41) is 5.23. The number of nitrogens with one attached hydrogen (secondary N) is 3. The number of hydrogen-bond donors (Lipinski definition) is 3. The average molecular weight is 428 g/mol. The highest BCUT2D eigenvalue weighted by Crippen LogP contribution is 2.22. The largest absolute Gasteiger partial charge is 0.352 e. The van der Waals surface area contributed by atoms with Crippen molar-refractivity contribution in [3.63, 3.8) is 0 Å². The van der Waals surface area contributed by atoms with E-state index in [9.17, 15) is 22.4 Å². The van der Waals surface area contributed by atoms with E-state index in [-0.39, 0.29) is 27.1 Å². The minimum absolute atomic E-state index is 0.110. The maximum absolute atomic E-state index is 14.0. The van der Waals surface area contributed by atoms with Gasteiger partial charge in [0, 0.05) is 12.2 Å². The topological polar surface area (TPSA) is 104 Å². The van der Waals surface area contributed by atoms with Gasteiger partial charge in [-0.3, -0.25) is 9.59 Å². The van der Waals surface area contributed by atoms with Crippen LogP contribution in [0.4, 0.5) is 10.1 Å². The molecule has 2 aromatic rings. The third kappa shape index (κ3) is 5.06. The van der Waals surface area contributed by atoms with Gasteiger partial charge in [0.1, 0.15) is 5.82 Å². The van der Waals surface area contributed by atoms with Gasteiger partial charge < -0.3 is 10.6 Å². The Morgan fingerprint density at radius 3 is 2.39 bits per heavy atom. The number of carbonyl (C=O) groups is 2. The van der Waals surface area contributed by atoms with E-state index in [1.165, 1.54) is 25.2 Å². The molecule has 0 atom stereocenters. The molecule has 0 spiro atoms. The smallest absolute Gasteiger partial charge is 0.258 e. The van der Waals surface area contributed by atoms with Crippen molar-refractivity contribution in [3.05, 3.63) is 58.4 Å². The Hall–Kier alpha value is -2.49. The van der Waals surface area contributed by atoms with Crippen LogP contribution in [0.1, 0.15) is 34.1 Å². The standard InChI is InChI=1S/C18H19ClFN3O4S/c1-3-8-22-17(24)13-6-4-11(9-15(13)19)23-18(25)14-10-12(5-7-16(14)20)28(26,27)21-2/h4-7,9-10,21H,3,8H2,1-2H3,(H,22,24)(H,23,25). The number of carbonyl (C=O) groups excluding carboxylic acids is 2. The normalized spacial score (nSPS) is 11.1. The molecule has 0 aliphatic carbocycles. The molecular formula is C18H19ClFN3O4S. The number of sulfonamides is 1. The van der Waals surface area contributed by atoms with Crippen LogP contribution in [0.25, 0.3) is 0 Å². The number of halogens is 2. The van der Waals surface area contributed by atoms with Gasteiger partial charge >= 0.3 is 0 Å². The summed E-state index contributed by atoms with van der Waals surface area (Å²) in [4.78, 5) is 24.1. The Kier molecular flexibility index (Phi) is 7.11. The maximum atomic E-state index is 14.0. The highest BCUT2D eigenvalue weighted by molar-refractivity contribution is 7.89. The number of amides is 2. The van der Waals surface area contributed by atoms with E-state index in [1.54, 1.807) is 0 Å². The molecule has 0 saturated heterocycles. The van der Waals surface area contributed by atoms with Crippen molar-refractivity contribution < 1.29 is 22.4 Å². The SMILES string of the molecule is CCCNC(=O)c1ccc(NC(=O)c2cc(S(=O)(=O)NC)ccc2F)cc1Cl. The van der Waals surface area contributed by atoms with Gasteiger partial charge in [-0.15, -0.1) is 0 Å². The van der Waals surface area contributed by atoms with Crippen LogP contribution < -0.4 is 15.4 Å². The molecule has 0 fully saturated rings. The first-order chi connectivity index (χ1) is 13.2. The Bertz CT molecular complexity index is 1010. The summed E-state index contributed by atoms with van der Waals surface area (Å²) in [7, 11) is -2.63. The third-order valence-corrected chi connectivity index (χ3v) is 5.49. The van der Waals surface area contributed by atoms with Crippen LogP contribution in [-0.2, 0) is 10.0 Å². The number of rotatable bonds is 7. The summed E-state index contributed by atoms with van der Waals surface area (Å²) in [6.45, 7) is 2.41. The van der Waals surface area contributed by atoms with Crippen LogP contribution in [0, 0.1) is 5.82 Å². The van der Waals surface area contributed by atoms with Crippen molar-refractivity contribution in [2.75, 3.05) is 18.9 Å². The molecule has 2 rings (SSSR count). The molecule has 0 aliphatic rings. The minimum Gasteiger partial charge on any atom is -0.352 e. The Labute approximate surface area is 167 Å². The lowest BCUT2D eigenvalue weighted by atomic mass is 10.1. The van der Waals surface area contributed by atoms with Gasteiger partial charge in [-0.2, -0.15) is 0 Å². The van der Waals surface area contributed by atoms with Crippen LogP contribution >= 0.6 is 11.6 Å². The molecule has 0 saturated carbocycles. The lowest BCUT2D eigenvalue weighted by Crippen LogP contribution is -2.24. The van der Waals surface area contributed by atoms with E-state index < -0.39 is 27.3 Å². The predicted octanol–water partition coefficient (Wildman–Crippen LogP) is 2.78. The zero-order chi connectivity index (χ0) is 20.9. The molecule has 0 aliphatic heterocycles. The third-order valence-electron chi connectivity index (χ3n) is 3.77. The van der Waals surface area contributed by atoms with Crippen LogP contribution in [0.15, 0.2) is 41.3 Å². The molecule has 28 heavy (non-hydrogen) atoms. The molecule has 10 heteroatoms. The van der Waals surface area contributed by atoms with E-state index in [1.807, 2.05) is 6.92 Å². The first-order valence-corrected chi connectivity index (χ1v) is 10.2. The van der Waals surface area contributed by atoms with Crippen LogP contribution in [0.3, 0.4) is 0 Å². The van der Waals surface area contributed by atoms with Crippen molar-refractivity contribution in [2.45, 2.75) is 18.2 Å². The molecule has 7 nitrogen and oxygen atoms in total. The highest BCUT2D eigenvalue weighted by Gasteiger charge is 2.19. The van der Waals surface area contributed by atoms with Crippen LogP contribution in [-0.4, -0.2) is 33.8 Å². The van der Waals surface area contributed by atoms with Gasteiger partial charge in [0.05, 0.1) is 21.0 Å². The molecule has 3 N–H and O–H groups in total. The summed E-state index contributed by atoms with van der Waals surface area (Å²) in [6, 6.07) is 7.11. The maximum Gasteiger partial charge on any atom is 0.258 e. The van der Waals surface area contributed by atoms with E-state index in [2.05, 4.69) is 15.4 Å². The van der Waals surface area contributed by atoms with Crippen molar-refractivity contribution in [1.29, 1.82) is 0 Å². The number of hydrogen-bond acceptors (Lipinski definition) is 4. The van der Waals surface area contributed by atoms with Gasteiger partial charge in [-0.1, -0.05) is 18.5 Å². The fraction of sp³-hybridized carbons (Fsp3) is 0.222. The molecule has 0 radical (unpaired) electrons. The zero-order valence-corrected chi connectivity index (χ0v) is 16.7. The number of benzene rings is 2. The van der Waals surface area contributed by atoms with Crippen LogP contribution in [0.2, 0.25) is 5.02 Å². The summed E-state index contributed by atoms with van der Waals surface area (Å²) in [5.41, 5.74) is 0.0157. The Morgan fingerprint density at radius 1 is 1.07 bits per heavy atom. The lowest BCUT2D eigenvalue weighted by molar-refractivity contribution is 0.0953. The van der Waals surface area contributed by atoms with Crippen molar-refractivity contribution in [1.82, 2.24) is 10.0 Å². The van der Waals surface area contributed by atoms with Gasteiger partial charge in [0.2, 0.25) is 10.0 Å². The molecule has 2 aromatic carbocycles. The second-order valence-electron chi connectivity index (χ2n) is 5.75. The van der Waals surface area contributed by atoms with E-state index in [0.29, 0.717) is 6.54 Å². The summed E-state index contributed by atoms with van der Waals surface area (Å²) in [5.74, 6) is -2.08. The molecule has 0 bridgehead atoms. The highest BCUT2D eigenvalue weighted by atomic mass is 35.5. The monoisotopic (exact) mass is 427 g/mol. The molecule has 2 amide bonds. The minimum atomic E-state index is -3.84. The van der Waals surface area contributed by atoms with Gasteiger partial charge in [-0.25, -0.2) is 17.5 Å².